The van der Waals surface area contributed by atoms with Gasteiger partial charge in [0.1, 0.15) is 12.4 Å². The maximum atomic E-state index is 13.5. The number of fused-ring (bicyclic) bond motifs is 1. The van der Waals surface area contributed by atoms with Gasteiger partial charge in [0.2, 0.25) is 5.91 Å². The molecule has 0 aliphatic carbocycles. The molecule has 2 heterocycles. The van der Waals surface area contributed by atoms with Gasteiger partial charge in [0.05, 0.1) is 31.9 Å². The Morgan fingerprint density at radius 1 is 1.35 bits per heavy atom. The number of aliphatic hydroxyl groups excluding tert-OH is 1. The Hall–Kier alpha value is -2.23. The van der Waals surface area contributed by atoms with E-state index in [4.69, 9.17) is 14.2 Å². The van der Waals surface area contributed by atoms with Crippen LogP contribution in [-0.4, -0.2) is 86.6 Å². The largest absolute Gasteiger partial charge is 0.491 e. The van der Waals surface area contributed by atoms with E-state index in [9.17, 15) is 9.90 Å². The zero-order chi connectivity index (χ0) is 24.2. The van der Waals surface area contributed by atoms with E-state index in [-0.39, 0.29) is 25.1 Å². The van der Waals surface area contributed by atoms with Crippen molar-refractivity contribution in [1.82, 2.24) is 9.80 Å². The Labute approximate surface area is 206 Å². The Bertz CT molecular complexity index is 875. The first-order valence-corrected chi connectivity index (χ1v) is 12.6. The van der Waals surface area contributed by atoms with E-state index in [0.29, 0.717) is 39.5 Å². The highest BCUT2D eigenvalue weighted by atomic mass is 32.1. The second kappa shape index (κ2) is 14.2. The molecule has 0 fully saturated rings. The normalized spacial score (nSPS) is 16.3. The molecule has 0 bridgehead atoms. The van der Waals surface area contributed by atoms with Gasteiger partial charge in [-0.1, -0.05) is 24.3 Å². The van der Waals surface area contributed by atoms with Gasteiger partial charge < -0.3 is 24.2 Å². The minimum atomic E-state index is -0.683. The van der Waals surface area contributed by atoms with Gasteiger partial charge in [-0.05, 0) is 42.0 Å². The molecule has 3 rings (SSSR count). The first-order valence-electron chi connectivity index (χ1n) is 11.7. The second-order valence-corrected chi connectivity index (χ2v) is 9.34. The van der Waals surface area contributed by atoms with Gasteiger partial charge >= 0.3 is 0 Å². The third-order valence-electron chi connectivity index (χ3n) is 5.76. The highest BCUT2D eigenvalue weighted by molar-refractivity contribution is 7.10. The summed E-state index contributed by atoms with van der Waals surface area (Å²) >= 11 is 1.74. The van der Waals surface area contributed by atoms with Crippen LogP contribution in [0, 0.1) is 0 Å². The lowest BCUT2D eigenvalue weighted by Crippen LogP contribution is -2.48. The van der Waals surface area contributed by atoms with Crippen molar-refractivity contribution in [1.29, 1.82) is 0 Å². The lowest BCUT2D eigenvalue weighted by molar-refractivity contribution is -0.136. The van der Waals surface area contributed by atoms with Crippen molar-refractivity contribution < 1.29 is 24.1 Å². The van der Waals surface area contributed by atoms with Crippen molar-refractivity contribution in [2.45, 2.75) is 25.0 Å². The molecule has 0 unspecified atom stereocenters. The van der Waals surface area contributed by atoms with Gasteiger partial charge in [0, 0.05) is 38.2 Å². The first-order chi connectivity index (χ1) is 16.6. The van der Waals surface area contributed by atoms with E-state index in [1.807, 2.05) is 40.1 Å². The lowest BCUT2D eigenvalue weighted by Gasteiger charge is -2.37. The van der Waals surface area contributed by atoms with Gasteiger partial charge in [0.25, 0.3) is 0 Å². The van der Waals surface area contributed by atoms with Crippen LogP contribution in [0.4, 0.5) is 0 Å². The predicted octanol–water partition coefficient (Wildman–Crippen LogP) is 3.15. The monoisotopic (exact) mass is 488 g/mol. The van der Waals surface area contributed by atoms with E-state index in [2.05, 4.69) is 18.0 Å². The number of rotatable bonds is 15. The quantitative estimate of drug-likeness (QED) is 0.307. The fraction of sp³-hybridized carbons (Fsp3) is 0.500. The number of carbonyl (C=O) groups excluding carboxylic acids is 1. The summed E-state index contributed by atoms with van der Waals surface area (Å²) in [6.07, 6.45) is 2.60. The molecule has 0 saturated heterocycles. The summed E-state index contributed by atoms with van der Waals surface area (Å²) in [7, 11) is 1.66. The summed E-state index contributed by atoms with van der Waals surface area (Å²) in [5, 5.41) is 12.5. The second-order valence-electron chi connectivity index (χ2n) is 8.34. The van der Waals surface area contributed by atoms with E-state index in [1.165, 1.54) is 10.4 Å². The fourth-order valence-electron chi connectivity index (χ4n) is 4.15. The van der Waals surface area contributed by atoms with Gasteiger partial charge in [-0.15, -0.1) is 17.9 Å². The molecule has 1 aromatic carbocycles. The third kappa shape index (κ3) is 7.92. The molecule has 1 amide bonds. The molecule has 186 valence electrons. The number of benzene rings is 1. The summed E-state index contributed by atoms with van der Waals surface area (Å²) in [5.41, 5.74) is 1.17. The van der Waals surface area contributed by atoms with Crippen molar-refractivity contribution >= 4 is 17.2 Å². The maximum absolute atomic E-state index is 13.5. The minimum Gasteiger partial charge on any atom is -0.491 e. The van der Waals surface area contributed by atoms with Crippen molar-refractivity contribution in [3.8, 4) is 5.75 Å². The molecule has 7 nitrogen and oxygen atoms in total. The van der Waals surface area contributed by atoms with Crippen LogP contribution in [0.5, 0.6) is 5.75 Å². The average Bonchev–Trinajstić information content (AvgIpc) is 3.32. The zero-order valence-electron chi connectivity index (χ0n) is 19.9. The number of carbonyl (C=O) groups is 1. The van der Waals surface area contributed by atoms with Gasteiger partial charge in [-0.3, -0.25) is 9.69 Å². The Morgan fingerprint density at radius 3 is 2.94 bits per heavy atom. The van der Waals surface area contributed by atoms with Crippen molar-refractivity contribution in [2.75, 3.05) is 59.7 Å². The van der Waals surface area contributed by atoms with E-state index in [0.717, 1.165) is 18.6 Å². The van der Waals surface area contributed by atoms with Gasteiger partial charge in [0.15, 0.2) is 0 Å². The molecule has 0 saturated carbocycles. The predicted molar refractivity (Wildman–Crippen MR) is 134 cm³/mol. The van der Waals surface area contributed by atoms with E-state index in [1.54, 1.807) is 24.5 Å². The van der Waals surface area contributed by atoms with Crippen molar-refractivity contribution in [3.05, 3.63) is 64.9 Å². The smallest absolute Gasteiger partial charge is 0.237 e. The summed E-state index contributed by atoms with van der Waals surface area (Å²) < 4.78 is 16.6. The fourth-order valence-corrected chi connectivity index (χ4v) is 5.08. The summed E-state index contributed by atoms with van der Waals surface area (Å²) in [6.45, 7) is 7.11. The molecule has 0 radical (unpaired) electrons. The van der Waals surface area contributed by atoms with Crippen LogP contribution < -0.4 is 4.74 Å². The lowest BCUT2D eigenvalue weighted by atomic mass is 10.0. The van der Waals surface area contributed by atoms with Crippen molar-refractivity contribution in [2.24, 2.45) is 0 Å². The van der Waals surface area contributed by atoms with E-state index < -0.39 is 6.10 Å². The van der Waals surface area contributed by atoms with E-state index >= 15 is 0 Å². The Kier molecular flexibility index (Phi) is 11.0. The molecular formula is C26H36N2O5S. The minimum absolute atomic E-state index is 0.0372. The zero-order valence-corrected chi connectivity index (χ0v) is 20.8. The molecule has 2 aromatic rings. The molecular weight excluding hydrogens is 452 g/mol. The Balaban J connectivity index is 1.66. The summed E-state index contributed by atoms with van der Waals surface area (Å²) in [5.74, 6) is 0.830. The summed E-state index contributed by atoms with van der Waals surface area (Å²) in [6, 6.07) is 11.7. The van der Waals surface area contributed by atoms with Crippen LogP contribution >= 0.6 is 11.3 Å². The SMILES string of the molecule is C=CCOC[C@H](O)CN(CCCOC)CC(=O)N1CCc2sccc2[C@@H]1COc1ccccc1. The Morgan fingerprint density at radius 2 is 2.18 bits per heavy atom. The highest BCUT2D eigenvalue weighted by Crippen LogP contribution is 2.34. The number of amides is 1. The average molecular weight is 489 g/mol. The molecule has 1 aromatic heterocycles. The first kappa shape index (κ1) is 26.4. The topological polar surface area (TPSA) is 71.5 Å². The molecule has 34 heavy (non-hydrogen) atoms. The number of methoxy groups -OCH3 is 1. The molecule has 1 N–H and O–H groups in total. The van der Waals surface area contributed by atoms with Crippen LogP contribution in [-0.2, 0) is 20.7 Å². The summed E-state index contributed by atoms with van der Waals surface area (Å²) in [4.78, 5) is 18.7. The van der Waals surface area contributed by atoms with Crippen molar-refractivity contribution in [3.63, 3.8) is 0 Å². The van der Waals surface area contributed by atoms with Gasteiger partial charge in [-0.2, -0.15) is 0 Å². The number of hydrogen-bond donors (Lipinski definition) is 1. The number of hydrogen-bond acceptors (Lipinski definition) is 7. The van der Waals surface area contributed by atoms with Gasteiger partial charge in [-0.25, -0.2) is 0 Å². The van der Waals surface area contributed by atoms with Crippen LogP contribution in [0.25, 0.3) is 0 Å². The number of thiophene rings is 1. The van der Waals surface area contributed by atoms with Crippen LogP contribution in [0.15, 0.2) is 54.4 Å². The molecule has 0 spiro atoms. The molecule has 1 aliphatic rings. The number of nitrogens with zero attached hydrogens (tertiary/aromatic N) is 2. The molecule has 1 aliphatic heterocycles. The van der Waals surface area contributed by atoms with Crippen LogP contribution in [0.1, 0.15) is 22.9 Å². The maximum Gasteiger partial charge on any atom is 0.237 e. The number of ether oxygens (including phenoxy) is 3. The van der Waals surface area contributed by atoms with Crippen LogP contribution in [0.2, 0.25) is 0 Å². The number of aliphatic hydroxyl groups is 1. The number of para-hydroxylation sites is 1. The molecule has 2 atom stereocenters. The highest BCUT2D eigenvalue weighted by Gasteiger charge is 2.33. The third-order valence-corrected chi connectivity index (χ3v) is 6.76. The van der Waals surface area contributed by atoms with Crippen LogP contribution in [0.3, 0.4) is 0 Å². The molecule has 8 heteroatoms. The standard InChI is InChI=1S/C26H36N2O5S/c1-3-14-32-19-21(29)17-27(12-7-15-31-2)18-26(30)28-13-10-25-23(11-16-34-25)24(28)20-33-22-8-5-4-6-9-22/h3-6,8-9,11,16,21,24,29H,1,7,10,12-15,17-20H2,2H3/t21-,24+/m1/s1.